The van der Waals surface area contributed by atoms with Crippen LogP contribution in [0.15, 0.2) is 54.2 Å². The molecule has 9 heteroatoms. The topological polar surface area (TPSA) is 97.1 Å². The molecule has 0 aliphatic rings. The van der Waals surface area contributed by atoms with E-state index in [1.165, 1.54) is 37.3 Å². The molecule has 0 atom stereocenters. The Kier molecular flexibility index (Phi) is 7.33. The third-order valence-electron chi connectivity index (χ3n) is 3.75. The van der Waals surface area contributed by atoms with Crippen molar-refractivity contribution < 1.29 is 18.4 Å². The summed E-state index contributed by atoms with van der Waals surface area (Å²) in [6.45, 7) is 1.22. The number of anilines is 1. The Labute approximate surface area is 170 Å². The van der Waals surface area contributed by atoms with Crippen LogP contribution in [-0.2, 0) is 16.0 Å². The number of benzene rings is 2. The summed E-state index contributed by atoms with van der Waals surface area (Å²) in [4.78, 5) is 25.1. The van der Waals surface area contributed by atoms with E-state index in [1.54, 1.807) is 0 Å². The molecule has 0 aliphatic heterocycles. The Bertz CT molecular complexity index is 990. The van der Waals surface area contributed by atoms with Crippen molar-refractivity contribution in [2.24, 2.45) is 0 Å². The summed E-state index contributed by atoms with van der Waals surface area (Å²) in [5.74, 6) is -2.59. The largest absolute Gasteiger partial charge is 0.324 e. The van der Waals surface area contributed by atoms with Gasteiger partial charge in [-0.15, -0.1) is 0 Å². The minimum Gasteiger partial charge on any atom is -0.324 e. The predicted octanol–water partition coefficient (Wildman–Crippen LogP) is 3.84. The summed E-state index contributed by atoms with van der Waals surface area (Å²) in [6, 6.07) is 9.02. The summed E-state index contributed by atoms with van der Waals surface area (Å²) in [7, 11) is 0. The average Bonchev–Trinajstić information content (AvgIpc) is 2.66. The van der Waals surface area contributed by atoms with Gasteiger partial charge in [0.05, 0.1) is 22.8 Å². The van der Waals surface area contributed by atoms with Gasteiger partial charge >= 0.3 is 0 Å². The number of carbonyl (C=O) groups excluding carboxylic acids is 2. The first-order chi connectivity index (χ1) is 13.7. The maximum Gasteiger partial charge on any atom is 0.229 e. The molecule has 3 N–H and O–H groups in total. The van der Waals surface area contributed by atoms with Gasteiger partial charge in [-0.2, -0.15) is 0 Å². The number of amides is 2. The molecule has 0 spiro atoms. The normalized spacial score (nSPS) is 11.0. The van der Waals surface area contributed by atoms with E-state index in [4.69, 9.17) is 22.4 Å². The van der Waals surface area contributed by atoms with Gasteiger partial charge in [0.15, 0.2) is 0 Å². The van der Waals surface area contributed by atoms with Crippen LogP contribution in [0.3, 0.4) is 0 Å². The number of carbonyl (C=O) groups is 2. The first kappa shape index (κ1) is 21.9. The van der Waals surface area contributed by atoms with E-state index in [0.717, 1.165) is 29.3 Å². The van der Waals surface area contributed by atoms with Crippen LogP contribution >= 0.6 is 11.6 Å². The predicted molar refractivity (Wildman–Crippen MR) is 107 cm³/mol. The second kappa shape index (κ2) is 9.70. The number of hydrogen-bond donors (Lipinski definition) is 3. The molecular formula is C20H17ClF2N4O2. The number of hydrogen-bond acceptors (Lipinski definition) is 4. The van der Waals surface area contributed by atoms with Gasteiger partial charge in [0, 0.05) is 19.2 Å². The van der Waals surface area contributed by atoms with Crippen LogP contribution in [0.1, 0.15) is 12.5 Å². The van der Waals surface area contributed by atoms with Gasteiger partial charge in [-0.25, -0.2) is 8.78 Å². The molecule has 150 valence electrons. The van der Waals surface area contributed by atoms with Crippen molar-refractivity contribution in [1.82, 2.24) is 5.32 Å². The van der Waals surface area contributed by atoms with Gasteiger partial charge < -0.3 is 10.7 Å². The Balaban J connectivity index is 2.18. The maximum atomic E-state index is 13.5. The van der Waals surface area contributed by atoms with Crippen LogP contribution < -0.4 is 10.2 Å². The van der Waals surface area contributed by atoms with E-state index in [-0.39, 0.29) is 34.2 Å². The van der Waals surface area contributed by atoms with Crippen molar-refractivity contribution in [3.8, 4) is 0 Å². The fraction of sp³-hybridized carbons (Fsp3) is 0.100. The fourth-order valence-electron chi connectivity index (χ4n) is 2.47. The Morgan fingerprint density at radius 1 is 1.17 bits per heavy atom. The standard InChI is InChI=1S/C20H17ClF2N4O2/c1-12(28)27(16-7-5-14(22)6-8-16)18(25)10-15(11-24)26-19(29)9-13-3-2-4-17(23)20(13)21/h2-8,10-11,24-25H,9H2,1H3,(H,26,29)/b15-10+,24-11?,25-18?. The van der Waals surface area contributed by atoms with E-state index in [2.05, 4.69) is 5.32 Å². The van der Waals surface area contributed by atoms with Crippen molar-refractivity contribution >= 4 is 41.2 Å². The summed E-state index contributed by atoms with van der Waals surface area (Å²) >= 11 is 5.83. The van der Waals surface area contributed by atoms with Crippen LogP contribution in [-0.4, -0.2) is 23.9 Å². The minimum absolute atomic E-state index is 0.0686. The van der Waals surface area contributed by atoms with Crippen molar-refractivity contribution in [2.75, 3.05) is 4.90 Å². The van der Waals surface area contributed by atoms with Crippen LogP contribution in [0.5, 0.6) is 0 Å². The molecule has 0 radical (unpaired) electrons. The molecule has 0 heterocycles. The quantitative estimate of drug-likeness (QED) is 0.490. The Morgan fingerprint density at radius 2 is 1.83 bits per heavy atom. The van der Waals surface area contributed by atoms with Gasteiger partial charge in [-0.3, -0.25) is 19.9 Å². The lowest BCUT2D eigenvalue weighted by molar-refractivity contribution is -0.119. The lowest BCUT2D eigenvalue weighted by atomic mass is 10.1. The smallest absolute Gasteiger partial charge is 0.229 e. The zero-order chi connectivity index (χ0) is 21.6. The molecule has 0 aromatic heterocycles. The molecule has 2 aromatic carbocycles. The number of nitrogens with zero attached hydrogens (tertiary/aromatic N) is 1. The van der Waals surface area contributed by atoms with Crippen LogP contribution in [0.2, 0.25) is 5.02 Å². The highest BCUT2D eigenvalue weighted by molar-refractivity contribution is 6.31. The molecule has 0 fully saturated rings. The molecule has 2 amide bonds. The molecule has 2 rings (SSSR count). The zero-order valence-corrected chi connectivity index (χ0v) is 16.1. The number of allylic oxidation sites excluding steroid dienone is 1. The van der Waals surface area contributed by atoms with Crippen molar-refractivity contribution in [1.29, 1.82) is 10.8 Å². The Hall–Kier alpha value is -3.39. The Morgan fingerprint density at radius 3 is 2.41 bits per heavy atom. The zero-order valence-electron chi connectivity index (χ0n) is 15.3. The fourth-order valence-corrected chi connectivity index (χ4v) is 2.66. The highest BCUT2D eigenvalue weighted by Crippen LogP contribution is 2.20. The minimum atomic E-state index is -0.655. The third-order valence-corrected chi connectivity index (χ3v) is 4.18. The monoisotopic (exact) mass is 418 g/mol. The van der Waals surface area contributed by atoms with Crippen molar-refractivity contribution in [2.45, 2.75) is 13.3 Å². The third kappa shape index (κ3) is 5.79. The lowest BCUT2D eigenvalue weighted by Gasteiger charge is -2.20. The molecule has 0 unspecified atom stereocenters. The van der Waals surface area contributed by atoms with Crippen molar-refractivity contribution in [3.63, 3.8) is 0 Å². The number of nitrogens with one attached hydrogen (secondary N) is 3. The maximum absolute atomic E-state index is 13.5. The van der Waals surface area contributed by atoms with Crippen LogP contribution in [0.25, 0.3) is 0 Å². The van der Waals surface area contributed by atoms with E-state index < -0.39 is 23.4 Å². The molecule has 0 saturated heterocycles. The van der Waals surface area contributed by atoms with E-state index in [0.29, 0.717) is 0 Å². The molecule has 0 aliphatic carbocycles. The second-order valence-electron chi connectivity index (χ2n) is 5.90. The summed E-state index contributed by atoms with van der Waals surface area (Å²) in [6.07, 6.45) is 1.65. The number of rotatable bonds is 6. The van der Waals surface area contributed by atoms with E-state index >= 15 is 0 Å². The van der Waals surface area contributed by atoms with Gasteiger partial charge in [-0.05, 0) is 35.9 Å². The number of amidine groups is 1. The van der Waals surface area contributed by atoms with Gasteiger partial charge in [0.25, 0.3) is 0 Å². The molecule has 6 nitrogen and oxygen atoms in total. The molecule has 29 heavy (non-hydrogen) atoms. The second-order valence-corrected chi connectivity index (χ2v) is 6.28. The van der Waals surface area contributed by atoms with Crippen LogP contribution in [0.4, 0.5) is 14.5 Å². The highest BCUT2D eigenvalue weighted by Gasteiger charge is 2.17. The van der Waals surface area contributed by atoms with E-state index in [1.807, 2.05) is 0 Å². The SMILES string of the molecule is CC(=O)N(C(=N)/C=C(\C=N)NC(=O)Cc1cccc(F)c1Cl)c1ccc(F)cc1. The van der Waals surface area contributed by atoms with Gasteiger partial charge in [-0.1, -0.05) is 23.7 Å². The molecule has 0 saturated carbocycles. The molecular weight excluding hydrogens is 402 g/mol. The van der Waals surface area contributed by atoms with Gasteiger partial charge in [0.2, 0.25) is 11.8 Å². The summed E-state index contributed by atoms with van der Waals surface area (Å²) in [5.41, 5.74) is 0.448. The summed E-state index contributed by atoms with van der Waals surface area (Å²) in [5, 5.41) is 17.8. The highest BCUT2D eigenvalue weighted by atomic mass is 35.5. The summed E-state index contributed by atoms with van der Waals surface area (Å²) < 4.78 is 26.6. The van der Waals surface area contributed by atoms with Crippen LogP contribution in [0, 0.1) is 22.5 Å². The van der Waals surface area contributed by atoms with E-state index in [9.17, 15) is 18.4 Å². The lowest BCUT2D eigenvalue weighted by Crippen LogP contribution is -2.35. The molecule has 0 bridgehead atoms. The van der Waals surface area contributed by atoms with Crippen molar-refractivity contribution in [3.05, 3.63) is 76.5 Å². The molecule has 2 aromatic rings. The first-order valence-electron chi connectivity index (χ1n) is 8.32. The van der Waals surface area contributed by atoms with Gasteiger partial charge in [0.1, 0.15) is 17.5 Å². The average molecular weight is 419 g/mol. The first-order valence-corrected chi connectivity index (χ1v) is 8.70. The number of halogens is 3.